The first kappa shape index (κ1) is 14.6. The van der Waals surface area contributed by atoms with E-state index in [9.17, 15) is 0 Å². The number of hydrogen-bond donors (Lipinski definition) is 1. The van der Waals surface area contributed by atoms with Crippen molar-refractivity contribution in [2.24, 2.45) is 0 Å². The number of nitrogens with zero attached hydrogens (tertiary/aromatic N) is 1. The third-order valence-corrected chi connectivity index (χ3v) is 5.87. The van der Waals surface area contributed by atoms with Crippen LogP contribution in [0.5, 0.6) is 0 Å². The van der Waals surface area contributed by atoms with Crippen LogP contribution in [-0.4, -0.2) is 36.1 Å². The third kappa shape index (κ3) is 3.28. The summed E-state index contributed by atoms with van der Waals surface area (Å²) in [5, 5.41) is 3.94. The fourth-order valence-electron chi connectivity index (χ4n) is 4.52. The van der Waals surface area contributed by atoms with E-state index in [-0.39, 0.29) is 0 Å². The molecule has 0 aromatic carbocycles. The molecule has 2 fully saturated rings. The molecule has 0 aromatic rings. The zero-order valence-corrected chi connectivity index (χ0v) is 13.3. The normalized spacial score (nSPS) is 30.6. The number of allylic oxidation sites excluding steroid dienone is 1. The Morgan fingerprint density at radius 3 is 2.80 bits per heavy atom. The van der Waals surface area contributed by atoms with Crippen LogP contribution in [-0.2, 0) is 0 Å². The Bertz CT molecular complexity index is 341. The average Bonchev–Trinajstić information content (AvgIpc) is 2.99. The molecule has 1 saturated carbocycles. The average molecular weight is 276 g/mol. The molecule has 0 amide bonds. The first-order valence-corrected chi connectivity index (χ1v) is 8.98. The van der Waals surface area contributed by atoms with E-state index in [0.29, 0.717) is 5.54 Å². The number of hydrogen-bond acceptors (Lipinski definition) is 2. The van der Waals surface area contributed by atoms with Gasteiger partial charge in [-0.25, -0.2) is 0 Å². The van der Waals surface area contributed by atoms with Crippen molar-refractivity contribution in [3.05, 3.63) is 11.6 Å². The van der Waals surface area contributed by atoms with Gasteiger partial charge in [0.1, 0.15) is 0 Å². The first-order valence-electron chi connectivity index (χ1n) is 8.98. The summed E-state index contributed by atoms with van der Waals surface area (Å²) in [5.41, 5.74) is 2.20. The zero-order chi connectivity index (χ0) is 13.8. The molecular formula is C18H32N2. The Balaban J connectivity index is 1.59. The van der Waals surface area contributed by atoms with E-state index in [4.69, 9.17) is 0 Å². The second-order valence-corrected chi connectivity index (χ2v) is 7.26. The van der Waals surface area contributed by atoms with Crippen molar-refractivity contribution < 1.29 is 0 Å². The van der Waals surface area contributed by atoms with E-state index in [1.54, 1.807) is 5.57 Å². The van der Waals surface area contributed by atoms with Gasteiger partial charge in [-0.3, -0.25) is 4.90 Å². The number of nitrogens with one attached hydrogen (secondary N) is 1. The molecule has 2 nitrogen and oxygen atoms in total. The molecular weight excluding hydrogens is 244 g/mol. The van der Waals surface area contributed by atoms with E-state index in [1.165, 1.54) is 83.8 Å². The highest BCUT2D eigenvalue weighted by atomic mass is 15.3. The standard InChI is InChI=1S/C18H32N2/c1-2-17-14-19-18(11-6-3-7-12-18)15-20(17)13-10-16-8-4-5-9-16/h8,17,19H,2-7,9-15H2,1H3. The fraction of sp³-hybridized carbons (Fsp3) is 0.889. The van der Waals surface area contributed by atoms with Crippen molar-refractivity contribution in [2.45, 2.75) is 82.7 Å². The second kappa shape index (κ2) is 6.62. The molecule has 2 aliphatic carbocycles. The number of rotatable bonds is 4. The second-order valence-electron chi connectivity index (χ2n) is 7.26. The lowest BCUT2D eigenvalue weighted by atomic mass is 9.79. The van der Waals surface area contributed by atoms with Crippen LogP contribution in [0.2, 0.25) is 0 Å². The minimum Gasteiger partial charge on any atom is -0.308 e. The van der Waals surface area contributed by atoms with Gasteiger partial charge in [0, 0.05) is 31.2 Å². The van der Waals surface area contributed by atoms with Crippen molar-refractivity contribution in [3.8, 4) is 0 Å². The van der Waals surface area contributed by atoms with Crippen molar-refractivity contribution in [3.63, 3.8) is 0 Å². The van der Waals surface area contributed by atoms with Gasteiger partial charge in [-0.15, -0.1) is 0 Å². The third-order valence-electron chi connectivity index (χ3n) is 5.87. The molecule has 1 unspecified atom stereocenters. The van der Waals surface area contributed by atoms with E-state index >= 15 is 0 Å². The van der Waals surface area contributed by atoms with Gasteiger partial charge in [-0.2, -0.15) is 0 Å². The highest BCUT2D eigenvalue weighted by Crippen LogP contribution is 2.33. The summed E-state index contributed by atoms with van der Waals surface area (Å²) in [7, 11) is 0. The quantitative estimate of drug-likeness (QED) is 0.784. The van der Waals surface area contributed by atoms with Gasteiger partial charge >= 0.3 is 0 Å². The van der Waals surface area contributed by atoms with Crippen molar-refractivity contribution in [1.82, 2.24) is 10.2 Å². The Morgan fingerprint density at radius 1 is 1.25 bits per heavy atom. The van der Waals surface area contributed by atoms with Crippen molar-refractivity contribution in [2.75, 3.05) is 19.6 Å². The van der Waals surface area contributed by atoms with Gasteiger partial charge in [0.2, 0.25) is 0 Å². The monoisotopic (exact) mass is 276 g/mol. The number of piperazine rings is 1. The summed E-state index contributed by atoms with van der Waals surface area (Å²) in [4.78, 5) is 2.82. The van der Waals surface area contributed by atoms with Gasteiger partial charge < -0.3 is 5.32 Å². The Hall–Kier alpha value is -0.340. The summed E-state index contributed by atoms with van der Waals surface area (Å²) in [6.07, 6.45) is 16.3. The molecule has 1 spiro atoms. The lowest BCUT2D eigenvalue weighted by Crippen LogP contribution is -2.64. The molecule has 1 N–H and O–H groups in total. The van der Waals surface area contributed by atoms with Crippen LogP contribution in [0, 0.1) is 0 Å². The minimum atomic E-state index is 0.466. The van der Waals surface area contributed by atoms with Gasteiger partial charge in [0.25, 0.3) is 0 Å². The largest absolute Gasteiger partial charge is 0.308 e. The summed E-state index contributed by atoms with van der Waals surface area (Å²) < 4.78 is 0. The van der Waals surface area contributed by atoms with E-state index in [2.05, 4.69) is 23.2 Å². The maximum atomic E-state index is 3.94. The molecule has 3 rings (SSSR count). The van der Waals surface area contributed by atoms with Gasteiger partial charge in [0.05, 0.1) is 0 Å². The SMILES string of the molecule is CCC1CNC2(CCCCC2)CN1CCC1=CCCC1. The van der Waals surface area contributed by atoms with Crippen molar-refractivity contribution >= 4 is 0 Å². The highest BCUT2D eigenvalue weighted by Gasteiger charge is 2.39. The van der Waals surface area contributed by atoms with Crippen molar-refractivity contribution in [1.29, 1.82) is 0 Å². The summed E-state index contributed by atoms with van der Waals surface area (Å²) in [5.74, 6) is 0. The molecule has 1 saturated heterocycles. The molecule has 0 aromatic heterocycles. The van der Waals surface area contributed by atoms with Gasteiger partial charge in [-0.05, 0) is 44.9 Å². The smallest absolute Gasteiger partial charge is 0.0309 e. The van der Waals surface area contributed by atoms with Crippen LogP contribution in [0.25, 0.3) is 0 Å². The lowest BCUT2D eigenvalue weighted by molar-refractivity contribution is 0.0548. The molecule has 1 aliphatic heterocycles. The molecule has 0 radical (unpaired) electrons. The summed E-state index contributed by atoms with van der Waals surface area (Å²) in [6.45, 7) is 6.18. The van der Waals surface area contributed by atoms with Crippen LogP contribution in [0.3, 0.4) is 0 Å². The predicted octanol–water partition coefficient (Wildman–Crippen LogP) is 3.87. The van der Waals surface area contributed by atoms with Gasteiger partial charge in [-0.1, -0.05) is 37.8 Å². The van der Waals surface area contributed by atoms with E-state index in [1.807, 2.05) is 0 Å². The maximum absolute atomic E-state index is 3.94. The molecule has 0 bridgehead atoms. The Kier molecular flexibility index (Phi) is 4.83. The van der Waals surface area contributed by atoms with Gasteiger partial charge in [0.15, 0.2) is 0 Å². The molecule has 114 valence electrons. The Labute approximate surface area is 125 Å². The predicted molar refractivity (Wildman–Crippen MR) is 86.0 cm³/mol. The van der Waals surface area contributed by atoms with E-state index < -0.39 is 0 Å². The molecule has 20 heavy (non-hydrogen) atoms. The van der Waals surface area contributed by atoms with Crippen LogP contribution in [0.1, 0.15) is 71.1 Å². The molecule has 1 atom stereocenters. The maximum Gasteiger partial charge on any atom is 0.0309 e. The molecule has 3 aliphatic rings. The lowest BCUT2D eigenvalue weighted by Gasteiger charge is -2.49. The van der Waals surface area contributed by atoms with Crippen LogP contribution >= 0.6 is 0 Å². The highest BCUT2D eigenvalue weighted by molar-refractivity contribution is 5.08. The summed E-state index contributed by atoms with van der Waals surface area (Å²) in [6, 6.07) is 0.768. The first-order chi connectivity index (χ1) is 9.81. The van der Waals surface area contributed by atoms with Crippen LogP contribution < -0.4 is 5.32 Å². The topological polar surface area (TPSA) is 15.3 Å². The fourth-order valence-corrected chi connectivity index (χ4v) is 4.52. The van der Waals surface area contributed by atoms with Crippen LogP contribution in [0.4, 0.5) is 0 Å². The Morgan fingerprint density at radius 2 is 2.10 bits per heavy atom. The zero-order valence-electron chi connectivity index (χ0n) is 13.3. The summed E-state index contributed by atoms with van der Waals surface area (Å²) >= 11 is 0. The van der Waals surface area contributed by atoms with Crippen LogP contribution in [0.15, 0.2) is 11.6 Å². The molecule has 2 heteroatoms. The van der Waals surface area contributed by atoms with E-state index in [0.717, 1.165) is 6.04 Å². The minimum absolute atomic E-state index is 0.466. The molecule has 1 heterocycles.